The second-order valence-corrected chi connectivity index (χ2v) is 8.06. The molecule has 1 atom stereocenters. The summed E-state index contributed by atoms with van der Waals surface area (Å²) in [5, 5.41) is 0. The molecule has 0 aliphatic carbocycles. The molecule has 1 aliphatic rings. The Bertz CT molecular complexity index is 1320. The highest BCUT2D eigenvalue weighted by molar-refractivity contribution is 7.07. The summed E-state index contributed by atoms with van der Waals surface area (Å²) < 4.78 is 7.28. The molecule has 2 heterocycles. The average Bonchev–Trinajstić information content (AvgIpc) is 3.09. The van der Waals surface area contributed by atoms with E-state index in [1.54, 1.807) is 4.57 Å². The smallest absolute Gasteiger partial charge is 0.338 e. The molecule has 0 saturated carbocycles. The molecule has 0 fully saturated rings. The number of fused-ring (bicyclic) bond motifs is 1. The van der Waals surface area contributed by atoms with E-state index in [9.17, 15) is 9.59 Å². The van der Waals surface area contributed by atoms with Gasteiger partial charge in [0.25, 0.3) is 5.56 Å². The van der Waals surface area contributed by atoms with Crippen molar-refractivity contribution in [1.29, 1.82) is 0 Å². The molecule has 152 valence electrons. The van der Waals surface area contributed by atoms with Crippen molar-refractivity contribution in [2.45, 2.75) is 26.3 Å². The third-order valence-corrected chi connectivity index (χ3v) is 6.22. The lowest BCUT2D eigenvalue weighted by molar-refractivity contribution is -0.136. The number of aromatic nitrogens is 1. The summed E-state index contributed by atoms with van der Waals surface area (Å²) in [5.41, 5.74) is 3.84. The zero-order chi connectivity index (χ0) is 21.3. The van der Waals surface area contributed by atoms with E-state index in [1.165, 1.54) is 18.4 Å². The summed E-state index contributed by atoms with van der Waals surface area (Å²) in [6.45, 7) is 3.96. The summed E-state index contributed by atoms with van der Waals surface area (Å²) in [4.78, 5) is 31.5. The van der Waals surface area contributed by atoms with Crippen LogP contribution >= 0.6 is 11.3 Å². The molecule has 4 rings (SSSR count). The lowest BCUT2D eigenvalue weighted by atomic mass is 9.95. The van der Waals surface area contributed by atoms with E-state index >= 15 is 0 Å². The second kappa shape index (κ2) is 8.24. The average molecular weight is 419 g/mol. The van der Waals surface area contributed by atoms with Gasteiger partial charge in [0.1, 0.15) is 0 Å². The molecule has 6 heteroatoms. The van der Waals surface area contributed by atoms with Crippen molar-refractivity contribution in [3.63, 3.8) is 0 Å². The van der Waals surface area contributed by atoms with Crippen LogP contribution in [0.25, 0.3) is 6.08 Å². The Morgan fingerprint density at radius 3 is 2.53 bits per heavy atom. The largest absolute Gasteiger partial charge is 0.466 e. The first kappa shape index (κ1) is 20.0. The van der Waals surface area contributed by atoms with E-state index in [1.807, 2.05) is 74.5 Å². The van der Waals surface area contributed by atoms with Gasteiger partial charge >= 0.3 is 5.97 Å². The van der Waals surface area contributed by atoms with Gasteiger partial charge in [0.2, 0.25) is 0 Å². The summed E-state index contributed by atoms with van der Waals surface area (Å²) in [6, 6.07) is 16.9. The van der Waals surface area contributed by atoms with Gasteiger partial charge in [-0.05, 0) is 36.1 Å². The summed E-state index contributed by atoms with van der Waals surface area (Å²) >= 11 is 1.35. The number of methoxy groups -OCH3 is 1. The molecule has 1 aromatic heterocycles. The fraction of sp³-hybridized carbons (Fsp3) is 0.208. The predicted molar refractivity (Wildman–Crippen MR) is 118 cm³/mol. The first-order valence-corrected chi connectivity index (χ1v) is 10.6. The highest BCUT2D eigenvalue weighted by atomic mass is 32.1. The van der Waals surface area contributed by atoms with E-state index in [0.29, 0.717) is 27.0 Å². The van der Waals surface area contributed by atoms with Crippen molar-refractivity contribution >= 4 is 23.4 Å². The van der Waals surface area contributed by atoms with E-state index in [2.05, 4.69) is 4.99 Å². The van der Waals surface area contributed by atoms with E-state index < -0.39 is 12.0 Å². The van der Waals surface area contributed by atoms with Gasteiger partial charge in [-0.15, -0.1) is 0 Å². The Morgan fingerprint density at radius 2 is 1.87 bits per heavy atom. The van der Waals surface area contributed by atoms with Crippen LogP contribution in [0.3, 0.4) is 0 Å². The maximum atomic E-state index is 13.5. The van der Waals surface area contributed by atoms with Gasteiger partial charge in [-0.25, -0.2) is 9.79 Å². The summed E-state index contributed by atoms with van der Waals surface area (Å²) in [6.07, 6.45) is 2.46. The number of carbonyl (C=O) groups is 1. The van der Waals surface area contributed by atoms with Crippen molar-refractivity contribution < 1.29 is 9.53 Å². The van der Waals surface area contributed by atoms with Crippen LogP contribution in [-0.2, 0) is 9.53 Å². The van der Waals surface area contributed by atoms with Crippen LogP contribution in [-0.4, -0.2) is 17.6 Å². The number of hydrogen-bond acceptors (Lipinski definition) is 5. The molecule has 0 bridgehead atoms. The van der Waals surface area contributed by atoms with Gasteiger partial charge in [-0.3, -0.25) is 9.36 Å². The third-order valence-electron chi connectivity index (χ3n) is 5.24. The lowest BCUT2D eigenvalue weighted by Gasteiger charge is -2.25. The number of aryl methyl sites for hydroxylation is 1. The number of benzene rings is 2. The first-order valence-electron chi connectivity index (χ1n) is 9.78. The standard InChI is InChI=1S/C24H22N2O3S/c1-4-18-20(23(28)29-3)21(16-11-6-5-7-12-16)26-22(27)19(30-24(26)25-18)14-17-13-9-8-10-15(17)2/h5-14,21H,4H2,1-3H3/b19-14-/t21-/m1/s1. The van der Waals surface area contributed by atoms with Crippen LogP contribution in [0.1, 0.15) is 36.1 Å². The van der Waals surface area contributed by atoms with E-state index in [0.717, 1.165) is 16.7 Å². The first-order chi connectivity index (χ1) is 14.5. The van der Waals surface area contributed by atoms with Gasteiger partial charge in [0.05, 0.1) is 29.0 Å². The Hall–Kier alpha value is -3.25. The number of ether oxygens (including phenoxy) is 1. The Balaban J connectivity index is 2.02. The number of thiazole rings is 1. The van der Waals surface area contributed by atoms with Crippen molar-refractivity contribution in [1.82, 2.24) is 4.57 Å². The van der Waals surface area contributed by atoms with Gasteiger partial charge < -0.3 is 4.74 Å². The minimum Gasteiger partial charge on any atom is -0.466 e. The van der Waals surface area contributed by atoms with Crippen LogP contribution in [0.5, 0.6) is 0 Å². The zero-order valence-electron chi connectivity index (χ0n) is 17.1. The normalized spacial score (nSPS) is 16.2. The van der Waals surface area contributed by atoms with E-state index in [4.69, 9.17) is 4.74 Å². The molecule has 0 saturated heterocycles. The highest BCUT2D eigenvalue weighted by Crippen LogP contribution is 2.31. The number of rotatable bonds is 4. The molecule has 3 aromatic rings. The van der Waals surface area contributed by atoms with Crippen LogP contribution in [0.2, 0.25) is 0 Å². The minimum atomic E-state index is -0.566. The molecular weight excluding hydrogens is 396 g/mol. The molecule has 1 aliphatic heterocycles. The van der Waals surface area contributed by atoms with Crippen molar-refractivity contribution in [3.05, 3.63) is 102 Å². The fourth-order valence-corrected chi connectivity index (χ4v) is 4.72. The van der Waals surface area contributed by atoms with Gasteiger partial charge in [-0.1, -0.05) is 72.9 Å². The van der Waals surface area contributed by atoms with Crippen LogP contribution in [0.4, 0.5) is 0 Å². The van der Waals surface area contributed by atoms with Crippen LogP contribution in [0.15, 0.2) is 75.7 Å². The van der Waals surface area contributed by atoms with Crippen LogP contribution in [0, 0.1) is 6.92 Å². The SMILES string of the molecule is CCC1=C(C(=O)OC)[C@@H](c2ccccc2)n2c(s/c(=C\c3ccccc3C)c2=O)=N1. The summed E-state index contributed by atoms with van der Waals surface area (Å²) in [5.74, 6) is -0.461. The molecule has 30 heavy (non-hydrogen) atoms. The molecule has 5 nitrogen and oxygen atoms in total. The topological polar surface area (TPSA) is 60.7 Å². The number of allylic oxidation sites excluding steroid dienone is 1. The third kappa shape index (κ3) is 3.44. The van der Waals surface area contributed by atoms with E-state index in [-0.39, 0.29) is 5.56 Å². The highest BCUT2D eigenvalue weighted by Gasteiger charge is 2.33. The Labute approximate surface area is 178 Å². The number of esters is 1. The van der Waals surface area contributed by atoms with Crippen molar-refractivity contribution in [3.8, 4) is 0 Å². The van der Waals surface area contributed by atoms with Crippen molar-refractivity contribution in [2.24, 2.45) is 4.99 Å². The second-order valence-electron chi connectivity index (χ2n) is 7.06. The number of carbonyl (C=O) groups excluding carboxylic acids is 1. The number of hydrogen-bond donors (Lipinski definition) is 0. The Morgan fingerprint density at radius 1 is 1.17 bits per heavy atom. The van der Waals surface area contributed by atoms with Gasteiger partial charge in [0.15, 0.2) is 4.80 Å². The lowest BCUT2D eigenvalue weighted by Crippen LogP contribution is -2.40. The molecule has 0 spiro atoms. The van der Waals surface area contributed by atoms with Gasteiger partial charge in [0, 0.05) is 0 Å². The van der Waals surface area contributed by atoms with Gasteiger partial charge in [-0.2, -0.15) is 0 Å². The molecule has 0 radical (unpaired) electrons. The summed E-state index contributed by atoms with van der Waals surface area (Å²) in [7, 11) is 1.36. The van der Waals surface area contributed by atoms with Crippen LogP contribution < -0.4 is 14.9 Å². The maximum absolute atomic E-state index is 13.5. The van der Waals surface area contributed by atoms with Crippen molar-refractivity contribution in [2.75, 3.05) is 7.11 Å². The minimum absolute atomic E-state index is 0.160. The fourth-order valence-electron chi connectivity index (χ4n) is 3.70. The zero-order valence-corrected chi connectivity index (χ0v) is 17.9. The quantitative estimate of drug-likeness (QED) is 0.612. The molecular formula is C24H22N2O3S. The maximum Gasteiger partial charge on any atom is 0.338 e. The Kier molecular flexibility index (Phi) is 5.50. The number of nitrogens with zero attached hydrogens (tertiary/aromatic N) is 2. The molecule has 0 unspecified atom stereocenters. The monoisotopic (exact) mass is 418 g/mol. The molecule has 2 aromatic carbocycles. The predicted octanol–water partition coefficient (Wildman–Crippen LogP) is 3.11. The molecule has 0 amide bonds. The molecule has 0 N–H and O–H groups in total.